The lowest BCUT2D eigenvalue weighted by atomic mass is 9.83. The van der Waals surface area contributed by atoms with Crippen LogP contribution in [0.3, 0.4) is 0 Å². The lowest BCUT2D eigenvalue weighted by Crippen LogP contribution is -2.60. The van der Waals surface area contributed by atoms with Gasteiger partial charge in [0.2, 0.25) is 11.8 Å². The zero-order valence-corrected chi connectivity index (χ0v) is 17.2. The number of hydrogen-bond acceptors (Lipinski definition) is 3. The summed E-state index contributed by atoms with van der Waals surface area (Å²) < 4.78 is 0. The van der Waals surface area contributed by atoms with Crippen LogP contribution >= 0.6 is 0 Å². The third-order valence-electron chi connectivity index (χ3n) is 6.77. The van der Waals surface area contributed by atoms with Gasteiger partial charge in [0.05, 0.1) is 11.7 Å². The second-order valence-corrected chi connectivity index (χ2v) is 9.22. The molecular formula is C23H33N3O2. The van der Waals surface area contributed by atoms with Crippen LogP contribution in [-0.4, -0.2) is 46.4 Å². The summed E-state index contributed by atoms with van der Waals surface area (Å²) in [5, 5.41) is 3.71. The van der Waals surface area contributed by atoms with Crippen LogP contribution in [0.2, 0.25) is 0 Å². The van der Waals surface area contributed by atoms with Crippen molar-refractivity contribution in [1.29, 1.82) is 0 Å². The van der Waals surface area contributed by atoms with Gasteiger partial charge >= 0.3 is 0 Å². The Kier molecular flexibility index (Phi) is 5.46. The maximum absolute atomic E-state index is 13.3. The van der Waals surface area contributed by atoms with Crippen LogP contribution in [0.5, 0.6) is 0 Å². The van der Waals surface area contributed by atoms with Crippen LogP contribution in [0.4, 0.5) is 0 Å². The van der Waals surface area contributed by atoms with E-state index < -0.39 is 0 Å². The van der Waals surface area contributed by atoms with Crippen molar-refractivity contribution >= 4 is 11.8 Å². The highest BCUT2D eigenvalue weighted by Crippen LogP contribution is 2.37. The Morgan fingerprint density at radius 2 is 1.86 bits per heavy atom. The normalized spacial score (nSPS) is 24.8. The van der Waals surface area contributed by atoms with E-state index in [9.17, 15) is 9.59 Å². The zero-order valence-electron chi connectivity index (χ0n) is 17.2. The highest BCUT2D eigenvalue weighted by atomic mass is 16.2. The minimum absolute atomic E-state index is 0.113. The van der Waals surface area contributed by atoms with E-state index in [1.54, 1.807) is 0 Å². The van der Waals surface area contributed by atoms with Gasteiger partial charge < -0.3 is 9.80 Å². The largest absolute Gasteiger partial charge is 0.342 e. The van der Waals surface area contributed by atoms with Crippen molar-refractivity contribution in [3.05, 3.63) is 35.9 Å². The first-order valence-corrected chi connectivity index (χ1v) is 10.9. The van der Waals surface area contributed by atoms with E-state index >= 15 is 0 Å². The molecule has 1 aromatic carbocycles. The fourth-order valence-electron chi connectivity index (χ4n) is 4.91. The maximum Gasteiger partial charge on any atom is 0.241 e. The lowest BCUT2D eigenvalue weighted by Gasteiger charge is -2.46. The number of nitrogens with zero attached hydrogens (tertiary/aromatic N) is 2. The molecule has 1 saturated carbocycles. The van der Waals surface area contributed by atoms with Crippen molar-refractivity contribution in [2.24, 2.45) is 11.8 Å². The first kappa shape index (κ1) is 19.4. The molecule has 1 atom stereocenters. The first-order valence-electron chi connectivity index (χ1n) is 10.9. The molecule has 2 amide bonds. The molecule has 2 heterocycles. The van der Waals surface area contributed by atoms with Crippen LogP contribution in [0, 0.1) is 11.8 Å². The number of benzene rings is 1. The Bertz CT molecular complexity index is 706. The Hall–Kier alpha value is -1.88. The average molecular weight is 384 g/mol. The first-order chi connectivity index (χ1) is 13.5. The molecule has 3 fully saturated rings. The third kappa shape index (κ3) is 3.69. The number of nitrogens with one attached hydrogen (secondary N) is 1. The second kappa shape index (κ2) is 7.86. The van der Waals surface area contributed by atoms with Crippen molar-refractivity contribution in [3.63, 3.8) is 0 Å². The summed E-state index contributed by atoms with van der Waals surface area (Å²) in [5.74, 6) is 1.27. The van der Waals surface area contributed by atoms with Gasteiger partial charge in [-0.05, 0) is 30.7 Å². The van der Waals surface area contributed by atoms with Gasteiger partial charge in [-0.3, -0.25) is 14.9 Å². The Morgan fingerprint density at radius 1 is 1.18 bits per heavy atom. The molecule has 1 aromatic rings. The molecule has 0 unspecified atom stereocenters. The fourth-order valence-corrected chi connectivity index (χ4v) is 4.91. The topological polar surface area (TPSA) is 52.7 Å². The van der Waals surface area contributed by atoms with Gasteiger partial charge in [0.25, 0.3) is 0 Å². The van der Waals surface area contributed by atoms with E-state index in [1.165, 1.54) is 6.42 Å². The Morgan fingerprint density at radius 3 is 2.43 bits per heavy atom. The summed E-state index contributed by atoms with van der Waals surface area (Å²) in [4.78, 5) is 30.0. The smallest absolute Gasteiger partial charge is 0.241 e. The van der Waals surface area contributed by atoms with E-state index in [1.807, 2.05) is 23.1 Å². The van der Waals surface area contributed by atoms with Crippen LogP contribution in [0.1, 0.15) is 57.9 Å². The van der Waals surface area contributed by atoms with Gasteiger partial charge in [-0.15, -0.1) is 0 Å². The number of piperidine rings is 1. The molecule has 0 radical (unpaired) electrons. The molecule has 1 aliphatic carbocycles. The number of carbonyl (C=O) groups excluding carboxylic acids is 2. The molecule has 2 saturated heterocycles. The molecule has 0 aromatic heterocycles. The molecular weight excluding hydrogens is 350 g/mol. The molecule has 5 nitrogen and oxygen atoms in total. The molecule has 28 heavy (non-hydrogen) atoms. The second-order valence-electron chi connectivity index (χ2n) is 9.22. The molecule has 2 aliphatic heterocycles. The van der Waals surface area contributed by atoms with Crippen LogP contribution in [0.15, 0.2) is 30.3 Å². The molecule has 4 rings (SSSR count). The van der Waals surface area contributed by atoms with Crippen molar-refractivity contribution < 1.29 is 9.59 Å². The van der Waals surface area contributed by atoms with Crippen molar-refractivity contribution in [2.75, 3.05) is 13.1 Å². The van der Waals surface area contributed by atoms with Gasteiger partial charge in [-0.1, -0.05) is 50.6 Å². The van der Waals surface area contributed by atoms with E-state index in [0.717, 1.165) is 50.8 Å². The number of likely N-dealkylation sites (tertiary alicyclic amines) is 1. The minimum Gasteiger partial charge on any atom is -0.342 e. The standard InChI is InChI=1S/C23H33N3O2/c1-17(2)15-20-22(28)26(16-18-7-4-3-5-8-18)23(24-20)11-13-25(14-12-23)21(27)19-9-6-10-19/h3-5,7-8,17,19-20,24H,6,9-16H2,1-2H3/t20-/m0/s1. The van der Waals surface area contributed by atoms with Crippen LogP contribution < -0.4 is 5.32 Å². The SMILES string of the molecule is CC(C)C[C@@H]1NC2(CCN(C(=O)C3CCC3)CC2)N(Cc2ccccc2)C1=O. The highest BCUT2D eigenvalue weighted by molar-refractivity contribution is 5.85. The van der Waals surface area contributed by atoms with Gasteiger partial charge in [0.15, 0.2) is 0 Å². The van der Waals surface area contributed by atoms with E-state index in [2.05, 4.69) is 36.2 Å². The number of rotatable bonds is 5. The summed E-state index contributed by atoms with van der Waals surface area (Å²) >= 11 is 0. The molecule has 152 valence electrons. The summed E-state index contributed by atoms with van der Waals surface area (Å²) in [5.41, 5.74) is 0.846. The average Bonchev–Trinajstić information content (AvgIpc) is 2.86. The number of hydrogen-bond donors (Lipinski definition) is 1. The number of carbonyl (C=O) groups is 2. The molecule has 5 heteroatoms. The van der Waals surface area contributed by atoms with Crippen molar-refractivity contribution in [1.82, 2.24) is 15.1 Å². The summed E-state index contributed by atoms with van der Waals surface area (Å²) in [6.45, 7) is 6.46. The number of amides is 2. The van der Waals surface area contributed by atoms with Crippen LogP contribution in [0.25, 0.3) is 0 Å². The summed E-state index contributed by atoms with van der Waals surface area (Å²) in [6, 6.07) is 10.1. The van der Waals surface area contributed by atoms with Crippen LogP contribution in [-0.2, 0) is 16.1 Å². The van der Waals surface area contributed by atoms with Gasteiger partial charge in [0.1, 0.15) is 0 Å². The molecule has 3 aliphatic rings. The lowest BCUT2D eigenvalue weighted by molar-refractivity contribution is -0.142. The third-order valence-corrected chi connectivity index (χ3v) is 6.77. The molecule has 1 N–H and O–H groups in total. The minimum atomic E-state index is -0.317. The monoisotopic (exact) mass is 383 g/mol. The zero-order chi connectivity index (χ0) is 19.7. The van der Waals surface area contributed by atoms with Crippen molar-refractivity contribution in [2.45, 2.75) is 70.6 Å². The van der Waals surface area contributed by atoms with Crippen molar-refractivity contribution in [3.8, 4) is 0 Å². The molecule has 0 bridgehead atoms. The predicted molar refractivity (Wildman–Crippen MR) is 109 cm³/mol. The van der Waals surface area contributed by atoms with E-state index in [4.69, 9.17) is 0 Å². The maximum atomic E-state index is 13.3. The van der Waals surface area contributed by atoms with E-state index in [0.29, 0.717) is 18.4 Å². The quantitative estimate of drug-likeness (QED) is 0.850. The Balaban J connectivity index is 1.50. The Labute approximate surface area is 168 Å². The summed E-state index contributed by atoms with van der Waals surface area (Å²) in [7, 11) is 0. The summed E-state index contributed by atoms with van der Waals surface area (Å²) in [6.07, 6.45) is 5.78. The fraction of sp³-hybridized carbons (Fsp3) is 0.652. The highest BCUT2D eigenvalue weighted by Gasteiger charge is 2.51. The predicted octanol–water partition coefficient (Wildman–Crippen LogP) is 3.15. The van der Waals surface area contributed by atoms with Gasteiger partial charge in [0, 0.05) is 38.4 Å². The van der Waals surface area contributed by atoms with Gasteiger partial charge in [-0.2, -0.15) is 0 Å². The molecule has 1 spiro atoms. The van der Waals surface area contributed by atoms with E-state index in [-0.39, 0.29) is 23.5 Å². The van der Waals surface area contributed by atoms with Gasteiger partial charge in [-0.25, -0.2) is 0 Å².